The molecule has 0 aliphatic heterocycles. The van der Waals surface area contributed by atoms with Gasteiger partial charge >= 0.3 is 5.97 Å². The topological polar surface area (TPSA) is 72.5 Å². The molecule has 0 aliphatic carbocycles. The first-order valence-electron chi connectivity index (χ1n) is 2.68. The molecule has 0 aliphatic rings. The summed E-state index contributed by atoms with van der Waals surface area (Å²) < 4.78 is 4.63. The lowest BCUT2D eigenvalue weighted by atomic mass is 10.4. The van der Waals surface area contributed by atoms with Crippen molar-refractivity contribution < 1.29 is 14.6 Å². The Balaban J connectivity index is 0. The summed E-state index contributed by atoms with van der Waals surface area (Å²) in [4.78, 5) is 9.81. The van der Waals surface area contributed by atoms with Crippen molar-refractivity contribution in [1.29, 1.82) is 0 Å². The number of rotatable bonds is 4. The highest BCUT2D eigenvalue weighted by molar-refractivity contribution is 5.85. The number of aliphatic carboxylic acids is 1. The molecule has 0 radical (unpaired) electrons. The van der Waals surface area contributed by atoms with Crippen LogP contribution in [0.2, 0.25) is 0 Å². The van der Waals surface area contributed by atoms with E-state index in [0.717, 1.165) is 0 Å². The lowest BCUT2D eigenvalue weighted by molar-refractivity contribution is -0.142. The molecule has 0 bridgehead atoms. The van der Waals surface area contributed by atoms with Gasteiger partial charge < -0.3 is 15.6 Å². The van der Waals surface area contributed by atoms with E-state index in [0.29, 0.717) is 6.61 Å². The fourth-order valence-corrected chi connectivity index (χ4v) is 0.332. The molecule has 5 heteroatoms. The summed E-state index contributed by atoms with van der Waals surface area (Å²) >= 11 is 0. The smallest absolute Gasteiger partial charge is 0.329 e. The minimum atomic E-state index is -0.962. The normalized spacial score (nSPS) is 11.8. The second kappa shape index (κ2) is 6.80. The van der Waals surface area contributed by atoms with Crippen molar-refractivity contribution in [2.75, 3.05) is 13.2 Å². The van der Waals surface area contributed by atoms with Crippen LogP contribution in [0.25, 0.3) is 0 Å². The van der Waals surface area contributed by atoms with E-state index in [1.54, 1.807) is 6.92 Å². The van der Waals surface area contributed by atoms with E-state index >= 15 is 0 Å². The molecule has 3 N–H and O–H groups in total. The zero-order chi connectivity index (χ0) is 7.28. The van der Waals surface area contributed by atoms with E-state index in [-0.39, 0.29) is 25.1 Å². The Labute approximate surface area is 65.8 Å². The zero-order valence-electron chi connectivity index (χ0n) is 5.74. The van der Waals surface area contributed by atoms with Gasteiger partial charge in [-0.3, -0.25) is 0 Å². The number of nitrogens with two attached hydrogens (primary N) is 1. The Hall–Kier alpha value is -0.320. The largest absolute Gasteiger partial charge is 0.480 e. The molecule has 0 fully saturated rings. The van der Waals surface area contributed by atoms with E-state index in [1.807, 2.05) is 0 Å². The van der Waals surface area contributed by atoms with Gasteiger partial charge in [-0.1, -0.05) is 0 Å². The van der Waals surface area contributed by atoms with Gasteiger partial charge in [-0.2, -0.15) is 0 Å². The Morgan fingerprint density at radius 3 is 2.60 bits per heavy atom. The first-order chi connectivity index (χ1) is 4.13. The molecule has 0 spiro atoms. The van der Waals surface area contributed by atoms with Crippen LogP contribution >= 0.6 is 12.4 Å². The van der Waals surface area contributed by atoms with E-state index in [1.165, 1.54) is 0 Å². The van der Waals surface area contributed by atoms with Crippen LogP contribution in [-0.2, 0) is 9.53 Å². The molecule has 0 rings (SSSR count). The summed E-state index contributed by atoms with van der Waals surface area (Å²) in [6, 6.07) is -0.0932. The SMILES string of the molecule is C[C@H](N)COCC(=O)O.Cl. The van der Waals surface area contributed by atoms with Gasteiger partial charge in [-0.05, 0) is 6.92 Å². The summed E-state index contributed by atoms with van der Waals surface area (Å²) in [6.07, 6.45) is 0. The van der Waals surface area contributed by atoms with Crippen molar-refractivity contribution in [3.8, 4) is 0 Å². The first kappa shape index (κ1) is 12.4. The fourth-order valence-electron chi connectivity index (χ4n) is 0.332. The standard InChI is InChI=1S/C5H11NO3.ClH/c1-4(6)2-9-3-5(7)8;/h4H,2-3,6H2,1H3,(H,7,8);1H/t4-;/m0./s1. The minimum absolute atomic E-state index is 0. The van der Waals surface area contributed by atoms with Gasteiger partial charge in [0.25, 0.3) is 0 Å². The number of hydrogen-bond donors (Lipinski definition) is 2. The van der Waals surface area contributed by atoms with E-state index in [9.17, 15) is 4.79 Å². The van der Waals surface area contributed by atoms with Gasteiger partial charge in [-0.25, -0.2) is 4.79 Å². The van der Waals surface area contributed by atoms with Crippen LogP contribution < -0.4 is 5.73 Å². The highest BCUT2D eigenvalue weighted by atomic mass is 35.5. The monoisotopic (exact) mass is 169 g/mol. The predicted octanol–water partition coefficient (Wildman–Crippen LogP) is -0.143. The molecule has 10 heavy (non-hydrogen) atoms. The highest BCUT2D eigenvalue weighted by Gasteiger charge is 1.97. The molecule has 0 aromatic heterocycles. The zero-order valence-corrected chi connectivity index (χ0v) is 6.56. The summed E-state index contributed by atoms with van der Waals surface area (Å²) in [5, 5.41) is 8.06. The van der Waals surface area contributed by atoms with Crippen LogP contribution in [0.1, 0.15) is 6.92 Å². The van der Waals surface area contributed by atoms with E-state index in [4.69, 9.17) is 10.8 Å². The Bertz CT molecular complexity index is 96.9. The molecule has 62 valence electrons. The molecule has 0 saturated carbocycles. The van der Waals surface area contributed by atoms with Crippen molar-refractivity contribution >= 4 is 18.4 Å². The molecular weight excluding hydrogens is 158 g/mol. The summed E-state index contributed by atoms with van der Waals surface area (Å²) in [5.74, 6) is -0.962. The number of ether oxygens (including phenoxy) is 1. The lowest BCUT2D eigenvalue weighted by Crippen LogP contribution is -2.23. The number of carbonyl (C=O) groups is 1. The molecule has 0 amide bonds. The second-order valence-electron chi connectivity index (χ2n) is 1.89. The minimum Gasteiger partial charge on any atom is -0.480 e. The Kier molecular flexibility index (Phi) is 8.40. The first-order valence-corrected chi connectivity index (χ1v) is 2.68. The molecule has 0 aromatic rings. The summed E-state index contributed by atoms with van der Waals surface area (Å²) in [7, 11) is 0. The van der Waals surface area contributed by atoms with Gasteiger partial charge in [0.1, 0.15) is 6.61 Å². The Morgan fingerprint density at radius 1 is 1.80 bits per heavy atom. The third-order valence-corrected chi connectivity index (χ3v) is 0.606. The number of hydrogen-bond acceptors (Lipinski definition) is 3. The van der Waals surface area contributed by atoms with Crippen LogP contribution in [-0.4, -0.2) is 30.3 Å². The van der Waals surface area contributed by atoms with Gasteiger partial charge in [0.15, 0.2) is 0 Å². The molecule has 1 atom stereocenters. The van der Waals surface area contributed by atoms with E-state index < -0.39 is 5.97 Å². The molecular formula is C5H12ClNO3. The van der Waals surface area contributed by atoms with Crippen LogP contribution in [0.15, 0.2) is 0 Å². The maximum atomic E-state index is 9.81. The van der Waals surface area contributed by atoms with Crippen LogP contribution in [0, 0.1) is 0 Å². The summed E-state index contributed by atoms with van der Waals surface area (Å²) in [6.45, 7) is 1.79. The fraction of sp³-hybridized carbons (Fsp3) is 0.800. The van der Waals surface area contributed by atoms with Crippen molar-refractivity contribution in [3.63, 3.8) is 0 Å². The Morgan fingerprint density at radius 2 is 2.30 bits per heavy atom. The highest BCUT2D eigenvalue weighted by Crippen LogP contribution is 1.78. The van der Waals surface area contributed by atoms with Crippen LogP contribution in [0.5, 0.6) is 0 Å². The molecule has 0 heterocycles. The van der Waals surface area contributed by atoms with Gasteiger partial charge in [0, 0.05) is 6.04 Å². The molecule has 0 saturated heterocycles. The third-order valence-electron chi connectivity index (χ3n) is 0.606. The van der Waals surface area contributed by atoms with Gasteiger partial charge in [-0.15, -0.1) is 12.4 Å². The molecule has 0 unspecified atom stereocenters. The molecule has 4 nitrogen and oxygen atoms in total. The third kappa shape index (κ3) is 10.6. The summed E-state index contributed by atoms with van der Waals surface area (Å²) in [5.41, 5.74) is 5.26. The quantitative estimate of drug-likeness (QED) is 0.614. The van der Waals surface area contributed by atoms with Crippen LogP contribution in [0.3, 0.4) is 0 Å². The van der Waals surface area contributed by atoms with Crippen LogP contribution in [0.4, 0.5) is 0 Å². The number of carboxylic acids is 1. The van der Waals surface area contributed by atoms with Crippen molar-refractivity contribution in [2.24, 2.45) is 5.73 Å². The van der Waals surface area contributed by atoms with Crippen molar-refractivity contribution in [1.82, 2.24) is 0 Å². The van der Waals surface area contributed by atoms with E-state index in [2.05, 4.69) is 4.74 Å². The maximum Gasteiger partial charge on any atom is 0.329 e. The molecule has 0 aromatic carbocycles. The number of carboxylic acid groups (broad SMARTS) is 1. The number of halogens is 1. The maximum absolute atomic E-state index is 9.81. The second-order valence-corrected chi connectivity index (χ2v) is 1.89. The van der Waals surface area contributed by atoms with Gasteiger partial charge in [0.2, 0.25) is 0 Å². The lowest BCUT2D eigenvalue weighted by Gasteiger charge is -2.02. The average molecular weight is 170 g/mol. The van der Waals surface area contributed by atoms with Crippen molar-refractivity contribution in [3.05, 3.63) is 0 Å². The average Bonchev–Trinajstić information content (AvgIpc) is 1.63. The van der Waals surface area contributed by atoms with Gasteiger partial charge in [0.05, 0.1) is 6.61 Å². The van der Waals surface area contributed by atoms with Crippen molar-refractivity contribution in [2.45, 2.75) is 13.0 Å². The predicted molar refractivity (Wildman–Crippen MR) is 39.4 cm³/mol.